The lowest BCUT2D eigenvalue weighted by Crippen LogP contribution is -2.38. The number of thiazole rings is 1. The minimum Gasteiger partial charge on any atom is -0.484 e. The number of anilines is 1. The molecule has 4 rings (SSSR count). The normalized spacial score (nSPS) is 15.4. The van der Waals surface area contributed by atoms with Gasteiger partial charge in [0.1, 0.15) is 5.75 Å². The molecule has 30 heavy (non-hydrogen) atoms. The Hall–Kier alpha value is -2.62. The Balaban J connectivity index is 1.35. The first-order valence-corrected chi connectivity index (χ1v) is 11.8. The second-order valence-corrected chi connectivity index (χ2v) is 9.80. The van der Waals surface area contributed by atoms with E-state index in [9.17, 15) is 13.2 Å². The number of halogens is 1. The molecule has 7 nitrogen and oxygen atoms in total. The first-order chi connectivity index (χ1) is 14.4. The Morgan fingerprint density at radius 2 is 1.93 bits per heavy atom. The molecule has 0 fully saturated rings. The van der Waals surface area contributed by atoms with Crippen molar-refractivity contribution in [2.45, 2.75) is 23.8 Å². The molecule has 1 atom stereocenters. The number of aromatic nitrogens is 1. The van der Waals surface area contributed by atoms with Crippen molar-refractivity contribution in [3.63, 3.8) is 0 Å². The van der Waals surface area contributed by atoms with Crippen molar-refractivity contribution in [2.75, 3.05) is 11.3 Å². The number of benzene rings is 2. The van der Waals surface area contributed by atoms with Crippen LogP contribution < -0.4 is 14.8 Å². The number of carbonyl (C=O) groups excluding carboxylic acids is 1. The molecule has 1 unspecified atom stereocenters. The Kier molecular flexibility index (Phi) is 5.94. The minimum absolute atomic E-state index is 0.105. The van der Waals surface area contributed by atoms with E-state index >= 15 is 0 Å². The number of carbonyl (C=O) groups is 1. The van der Waals surface area contributed by atoms with Crippen LogP contribution in [0.1, 0.15) is 11.1 Å². The lowest BCUT2D eigenvalue weighted by Gasteiger charge is -2.12. The first kappa shape index (κ1) is 20.6. The van der Waals surface area contributed by atoms with Crippen molar-refractivity contribution in [1.82, 2.24) is 10.3 Å². The van der Waals surface area contributed by atoms with Gasteiger partial charge >= 0.3 is 0 Å². The van der Waals surface area contributed by atoms with Crippen molar-refractivity contribution in [3.8, 4) is 5.75 Å². The number of nitrogens with one attached hydrogen (secondary N) is 2. The molecule has 1 amide bonds. The summed E-state index contributed by atoms with van der Waals surface area (Å²) in [6.07, 6.45) is 2.74. The predicted octanol–water partition coefficient (Wildman–Crippen LogP) is 3.26. The van der Waals surface area contributed by atoms with Crippen LogP contribution in [0.15, 0.2) is 58.9 Å². The summed E-state index contributed by atoms with van der Waals surface area (Å²) in [5, 5.41) is 5.55. The van der Waals surface area contributed by atoms with E-state index in [4.69, 9.17) is 16.3 Å². The molecule has 0 spiro atoms. The van der Waals surface area contributed by atoms with E-state index in [1.807, 2.05) is 0 Å². The van der Waals surface area contributed by atoms with Gasteiger partial charge in [-0.15, -0.1) is 11.3 Å². The van der Waals surface area contributed by atoms with Crippen molar-refractivity contribution < 1.29 is 17.9 Å². The maximum atomic E-state index is 12.6. The molecule has 1 heterocycles. The topological polar surface area (TPSA) is 97.4 Å². The van der Waals surface area contributed by atoms with E-state index in [0.29, 0.717) is 28.7 Å². The number of fused-ring (bicyclic) bond motifs is 1. The van der Waals surface area contributed by atoms with E-state index in [-0.39, 0.29) is 23.5 Å². The molecular weight excluding hydrogens is 446 g/mol. The van der Waals surface area contributed by atoms with Gasteiger partial charge in [-0.1, -0.05) is 17.7 Å². The molecule has 0 bridgehead atoms. The molecule has 1 aliphatic carbocycles. The predicted molar refractivity (Wildman–Crippen MR) is 116 cm³/mol. The average molecular weight is 464 g/mol. The van der Waals surface area contributed by atoms with Gasteiger partial charge in [-0.2, -0.15) is 0 Å². The summed E-state index contributed by atoms with van der Waals surface area (Å²) < 4.78 is 33.1. The highest BCUT2D eigenvalue weighted by atomic mass is 35.5. The van der Waals surface area contributed by atoms with Gasteiger partial charge in [0.15, 0.2) is 11.7 Å². The third-order valence-electron chi connectivity index (χ3n) is 4.62. The van der Waals surface area contributed by atoms with Crippen LogP contribution in [-0.4, -0.2) is 32.0 Å². The van der Waals surface area contributed by atoms with Crippen molar-refractivity contribution >= 4 is 44.0 Å². The van der Waals surface area contributed by atoms with Gasteiger partial charge in [-0.3, -0.25) is 9.52 Å². The summed E-state index contributed by atoms with van der Waals surface area (Å²) in [5.41, 5.74) is 1.92. The number of ether oxygens (including phenoxy) is 1. The standard InChI is InChI=1S/C20H18ClN3O4S2/c21-15-2-4-17(5-3-15)28-12-19(25)23-16-9-13-1-6-18(11-14(13)10-16)30(26,27)24-20-22-7-8-29-20/h1-8,11,16H,9-10,12H2,(H,22,24)(H,23,25). The van der Waals surface area contributed by atoms with Crippen molar-refractivity contribution in [3.05, 3.63) is 70.2 Å². The van der Waals surface area contributed by atoms with Crippen LogP contribution in [0.4, 0.5) is 5.13 Å². The van der Waals surface area contributed by atoms with Crippen LogP contribution in [0.2, 0.25) is 5.02 Å². The fraction of sp³-hybridized carbons (Fsp3) is 0.200. The smallest absolute Gasteiger partial charge is 0.263 e. The van der Waals surface area contributed by atoms with Gasteiger partial charge < -0.3 is 10.1 Å². The van der Waals surface area contributed by atoms with Gasteiger partial charge in [-0.05, 0) is 60.4 Å². The lowest BCUT2D eigenvalue weighted by molar-refractivity contribution is -0.123. The zero-order valence-corrected chi connectivity index (χ0v) is 18.1. The van der Waals surface area contributed by atoms with Crippen LogP contribution in [0, 0.1) is 0 Å². The molecule has 156 valence electrons. The number of hydrogen-bond acceptors (Lipinski definition) is 6. The molecule has 0 radical (unpaired) electrons. The zero-order valence-electron chi connectivity index (χ0n) is 15.7. The highest BCUT2D eigenvalue weighted by molar-refractivity contribution is 7.93. The second-order valence-electron chi connectivity index (χ2n) is 6.79. The molecule has 10 heteroatoms. The Labute approximate surface area is 183 Å². The fourth-order valence-corrected chi connectivity index (χ4v) is 5.23. The molecule has 0 aliphatic heterocycles. The SMILES string of the molecule is O=C(COc1ccc(Cl)cc1)NC1Cc2ccc(S(=O)(=O)Nc3nccs3)cc2C1. The van der Waals surface area contributed by atoms with E-state index < -0.39 is 10.0 Å². The van der Waals surface area contributed by atoms with Crippen LogP contribution in [0.25, 0.3) is 0 Å². The highest BCUT2D eigenvalue weighted by Crippen LogP contribution is 2.26. The number of hydrogen-bond donors (Lipinski definition) is 2. The third-order valence-corrected chi connectivity index (χ3v) is 7.03. The number of amides is 1. The lowest BCUT2D eigenvalue weighted by atomic mass is 10.1. The van der Waals surface area contributed by atoms with E-state index in [1.165, 1.54) is 17.5 Å². The first-order valence-electron chi connectivity index (χ1n) is 9.11. The van der Waals surface area contributed by atoms with Gasteiger partial charge in [0.25, 0.3) is 15.9 Å². The van der Waals surface area contributed by atoms with Crippen molar-refractivity contribution in [2.24, 2.45) is 0 Å². The van der Waals surface area contributed by atoms with Crippen LogP contribution in [-0.2, 0) is 27.7 Å². The maximum absolute atomic E-state index is 12.6. The summed E-state index contributed by atoms with van der Waals surface area (Å²) in [6, 6.07) is 11.7. The molecule has 1 aromatic heterocycles. The minimum atomic E-state index is -3.71. The zero-order chi connectivity index (χ0) is 21.1. The molecular formula is C20H18ClN3O4S2. The molecule has 1 aliphatic rings. The number of nitrogens with zero attached hydrogens (tertiary/aromatic N) is 1. The maximum Gasteiger partial charge on any atom is 0.263 e. The Bertz CT molecular complexity index is 1150. The van der Waals surface area contributed by atoms with Crippen LogP contribution >= 0.6 is 22.9 Å². The van der Waals surface area contributed by atoms with E-state index in [2.05, 4.69) is 15.0 Å². The number of rotatable bonds is 7. The summed E-state index contributed by atoms with van der Waals surface area (Å²) in [7, 11) is -3.71. The number of sulfonamides is 1. The van der Waals surface area contributed by atoms with Crippen molar-refractivity contribution in [1.29, 1.82) is 0 Å². The fourth-order valence-electron chi connectivity index (χ4n) is 3.26. The quantitative estimate of drug-likeness (QED) is 0.560. The Morgan fingerprint density at radius 1 is 1.17 bits per heavy atom. The molecule has 0 saturated heterocycles. The average Bonchev–Trinajstić information content (AvgIpc) is 3.35. The van der Waals surface area contributed by atoms with Crippen LogP contribution in [0.3, 0.4) is 0 Å². The Morgan fingerprint density at radius 3 is 2.67 bits per heavy atom. The van der Waals surface area contributed by atoms with Gasteiger partial charge in [0.05, 0.1) is 4.90 Å². The monoisotopic (exact) mass is 463 g/mol. The van der Waals surface area contributed by atoms with Crippen LogP contribution in [0.5, 0.6) is 5.75 Å². The summed E-state index contributed by atoms with van der Waals surface area (Å²) in [6.45, 7) is -0.105. The summed E-state index contributed by atoms with van der Waals surface area (Å²) >= 11 is 7.04. The molecule has 2 N–H and O–H groups in total. The highest BCUT2D eigenvalue weighted by Gasteiger charge is 2.25. The largest absolute Gasteiger partial charge is 0.484 e. The van der Waals surface area contributed by atoms with Gasteiger partial charge in [0.2, 0.25) is 0 Å². The second kappa shape index (κ2) is 8.63. The van der Waals surface area contributed by atoms with Gasteiger partial charge in [-0.25, -0.2) is 13.4 Å². The molecule has 3 aromatic rings. The summed E-state index contributed by atoms with van der Waals surface area (Å²) in [5.74, 6) is 0.327. The van der Waals surface area contributed by atoms with E-state index in [1.54, 1.807) is 47.8 Å². The summed E-state index contributed by atoms with van der Waals surface area (Å²) in [4.78, 5) is 16.3. The molecule has 0 saturated carbocycles. The van der Waals surface area contributed by atoms with Gasteiger partial charge in [0, 0.05) is 22.6 Å². The van der Waals surface area contributed by atoms with E-state index in [0.717, 1.165) is 11.1 Å². The molecule has 2 aromatic carbocycles. The third kappa shape index (κ3) is 4.92.